The molecule has 0 saturated heterocycles. The number of amides is 1. The van der Waals surface area contributed by atoms with E-state index in [-0.39, 0.29) is 5.91 Å². The van der Waals surface area contributed by atoms with Gasteiger partial charge in [0.25, 0.3) is 5.91 Å². The van der Waals surface area contributed by atoms with Crippen molar-refractivity contribution in [3.05, 3.63) is 65.7 Å². The molecule has 3 nitrogen and oxygen atoms in total. The van der Waals surface area contributed by atoms with E-state index in [0.29, 0.717) is 5.56 Å². The molecule has 2 aromatic carbocycles. The monoisotopic (exact) mass is 252 g/mol. The Balaban J connectivity index is 2.09. The third kappa shape index (κ3) is 1.87. The van der Waals surface area contributed by atoms with E-state index in [0.717, 1.165) is 17.7 Å². The molecule has 1 atom stereocenters. The Morgan fingerprint density at radius 3 is 2.37 bits per heavy atom. The van der Waals surface area contributed by atoms with Crippen LogP contribution in [0, 0.1) is 0 Å². The summed E-state index contributed by atoms with van der Waals surface area (Å²) in [6.07, 6.45) is 0.775. The number of para-hydroxylation sites is 1. The summed E-state index contributed by atoms with van der Waals surface area (Å²) in [5.74, 6) is -0.0277. The number of nitrogens with one attached hydrogen (secondary N) is 2. The number of hydrogen-bond acceptors (Lipinski definition) is 2. The van der Waals surface area contributed by atoms with Crippen LogP contribution in [0.4, 0.5) is 5.69 Å². The lowest BCUT2D eigenvalue weighted by atomic mass is 9.92. The fourth-order valence-electron chi connectivity index (χ4n) is 2.56. The summed E-state index contributed by atoms with van der Waals surface area (Å²) in [6.45, 7) is 2.06. The Morgan fingerprint density at radius 2 is 1.63 bits per heavy atom. The van der Waals surface area contributed by atoms with Gasteiger partial charge in [0.1, 0.15) is 5.66 Å². The standard InChI is InChI=1S/C16H16N2O/c1-2-16(12-8-4-3-5-9-12)17-14-11-7-6-10-13(14)15(19)18-16/h3-11,17H,2H2,1H3,(H,18,19)/t16-/m1/s1. The fourth-order valence-corrected chi connectivity index (χ4v) is 2.56. The third-order valence-corrected chi connectivity index (χ3v) is 3.64. The van der Waals surface area contributed by atoms with Crippen LogP contribution in [-0.2, 0) is 5.66 Å². The lowest BCUT2D eigenvalue weighted by Crippen LogP contribution is -2.54. The summed E-state index contributed by atoms with van der Waals surface area (Å²) in [4.78, 5) is 12.3. The Kier molecular flexibility index (Phi) is 2.75. The Hall–Kier alpha value is -2.29. The van der Waals surface area contributed by atoms with E-state index in [1.807, 2.05) is 54.6 Å². The Bertz CT molecular complexity index is 609. The number of rotatable bonds is 2. The first-order valence-electron chi connectivity index (χ1n) is 6.50. The van der Waals surface area contributed by atoms with Gasteiger partial charge in [-0.3, -0.25) is 4.79 Å². The van der Waals surface area contributed by atoms with Gasteiger partial charge in [-0.1, -0.05) is 49.4 Å². The first-order chi connectivity index (χ1) is 9.25. The van der Waals surface area contributed by atoms with Crippen LogP contribution < -0.4 is 10.6 Å². The second kappa shape index (κ2) is 4.43. The molecule has 0 unspecified atom stereocenters. The minimum absolute atomic E-state index is 0.0277. The number of benzene rings is 2. The SMILES string of the molecule is CC[C@]1(c2ccccc2)NC(=O)c2ccccc2N1. The molecule has 0 bridgehead atoms. The van der Waals surface area contributed by atoms with E-state index in [2.05, 4.69) is 17.6 Å². The number of carbonyl (C=O) groups excluding carboxylic acids is 1. The molecule has 0 aromatic heterocycles. The highest BCUT2D eigenvalue weighted by atomic mass is 16.2. The predicted octanol–water partition coefficient (Wildman–Crippen LogP) is 3.10. The van der Waals surface area contributed by atoms with Crippen LogP contribution in [0.2, 0.25) is 0 Å². The molecule has 0 aliphatic carbocycles. The highest BCUT2D eigenvalue weighted by Crippen LogP contribution is 2.33. The van der Waals surface area contributed by atoms with Gasteiger partial charge in [-0.15, -0.1) is 0 Å². The zero-order valence-electron chi connectivity index (χ0n) is 10.8. The van der Waals surface area contributed by atoms with Crippen LogP contribution in [0.25, 0.3) is 0 Å². The smallest absolute Gasteiger partial charge is 0.255 e. The van der Waals surface area contributed by atoms with Crippen molar-refractivity contribution in [2.75, 3.05) is 5.32 Å². The third-order valence-electron chi connectivity index (χ3n) is 3.64. The molecule has 0 saturated carbocycles. The van der Waals surface area contributed by atoms with Crippen LogP contribution in [0.1, 0.15) is 29.3 Å². The quantitative estimate of drug-likeness (QED) is 0.862. The average molecular weight is 252 g/mol. The van der Waals surface area contributed by atoms with Crippen LogP contribution in [-0.4, -0.2) is 5.91 Å². The van der Waals surface area contributed by atoms with Gasteiger partial charge in [-0.25, -0.2) is 0 Å². The molecule has 1 aliphatic rings. The maximum absolute atomic E-state index is 12.3. The molecule has 2 aromatic rings. The summed E-state index contributed by atoms with van der Waals surface area (Å²) in [7, 11) is 0. The zero-order valence-corrected chi connectivity index (χ0v) is 10.8. The van der Waals surface area contributed by atoms with Crippen LogP contribution in [0.3, 0.4) is 0 Å². The molecule has 19 heavy (non-hydrogen) atoms. The highest BCUT2D eigenvalue weighted by Gasteiger charge is 2.37. The van der Waals surface area contributed by atoms with Crippen LogP contribution in [0.15, 0.2) is 54.6 Å². The summed E-state index contributed by atoms with van der Waals surface area (Å²) in [6, 6.07) is 17.6. The molecule has 1 amide bonds. The number of hydrogen-bond donors (Lipinski definition) is 2. The number of anilines is 1. The summed E-state index contributed by atoms with van der Waals surface area (Å²) < 4.78 is 0. The minimum Gasteiger partial charge on any atom is -0.358 e. The van der Waals surface area contributed by atoms with Crippen molar-refractivity contribution >= 4 is 11.6 Å². The molecule has 96 valence electrons. The molecule has 1 aliphatic heterocycles. The van der Waals surface area contributed by atoms with Gasteiger partial charge >= 0.3 is 0 Å². The molecular formula is C16H16N2O. The molecule has 3 rings (SSSR count). The second-order valence-electron chi connectivity index (χ2n) is 4.75. The van der Waals surface area contributed by atoms with Crippen molar-refractivity contribution in [3.8, 4) is 0 Å². The van der Waals surface area contributed by atoms with Crippen molar-refractivity contribution in [3.63, 3.8) is 0 Å². The molecule has 2 N–H and O–H groups in total. The number of carbonyl (C=O) groups is 1. The minimum atomic E-state index is -0.521. The van der Waals surface area contributed by atoms with E-state index in [1.165, 1.54) is 0 Å². The molecule has 0 spiro atoms. The van der Waals surface area contributed by atoms with E-state index >= 15 is 0 Å². The summed E-state index contributed by atoms with van der Waals surface area (Å²) in [5.41, 5.74) is 2.13. The topological polar surface area (TPSA) is 41.1 Å². The van der Waals surface area contributed by atoms with Crippen LogP contribution >= 0.6 is 0 Å². The van der Waals surface area contributed by atoms with Crippen molar-refractivity contribution in [1.82, 2.24) is 5.32 Å². The van der Waals surface area contributed by atoms with E-state index < -0.39 is 5.66 Å². The maximum atomic E-state index is 12.3. The lowest BCUT2D eigenvalue weighted by Gasteiger charge is -2.40. The Labute approximate surface area is 112 Å². The van der Waals surface area contributed by atoms with Crippen molar-refractivity contribution in [2.45, 2.75) is 19.0 Å². The van der Waals surface area contributed by atoms with Gasteiger partial charge in [0.2, 0.25) is 0 Å². The van der Waals surface area contributed by atoms with Crippen LogP contribution in [0.5, 0.6) is 0 Å². The molecule has 0 radical (unpaired) electrons. The van der Waals surface area contributed by atoms with Gasteiger partial charge in [0.05, 0.1) is 5.56 Å². The molecule has 0 fully saturated rings. The van der Waals surface area contributed by atoms with Gasteiger partial charge < -0.3 is 10.6 Å². The van der Waals surface area contributed by atoms with Gasteiger partial charge in [0, 0.05) is 5.69 Å². The van der Waals surface area contributed by atoms with Gasteiger partial charge in [0.15, 0.2) is 0 Å². The van der Waals surface area contributed by atoms with Gasteiger partial charge in [-0.2, -0.15) is 0 Å². The predicted molar refractivity (Wildman–Crippen MR) is 75.9 cm³/mol. The Morgan fingerprint density at radius 1 is 0.947 bits per heavy atom. The zero-order chi connectivity index (χ0) is 13.3. The first kappa shape index (κ1) is 11.8. The fraction of sp³-hybridized carbons (Fsp3) is 0.188. The summed E-state index contributed by atoms with van der Waals surface area (Å²) >= 11 is 0. The average Bonchev–Trinajstić information content (AvgIpc) is 2.48. The molecule has 3 heteroatoms. The number of fused-ring (bicyclic) bond motifs is 1. The molecular weight excluding hydrogens is 236 g/mol. The summed E-state index contributed by atoms with van der Waals surface area (Å²) in [5, 5.41) is 6.58. The van der Waals surface area contributed by atoms with Crippen molar-refractivity contribution in [2.24, 2.45) is 0 Å². The largest absolute Gasteiger partial charge is 0.358 e. The highest BCUT2D eigenvalue weighted by molar-refractivity contribution is 6.02. The van der Waals surface area contributed by atoms with E-state index in [1.54, 1.807) is 0 Å². The van der Waals surface area contributed by atoms with Crippen molar-refractivity contribution < 1.29 is 4.79 Å². The second-order valence-corrected chi connectivity index (χ2v) is 4.75. The maximum Gasteiger partial charge on any atom is 0.255 e. The normalized spacial score (nSPS) is 21.2. The first-order valence-corrected chi connectivity index (χ1v) is 6.50. The van der Waals surface area contributed by atoms with Crippen molar-refractivity contribution in [1.29, 1.82) is 0 Å². The lowest BCUT2D eigenvalue weighted by molar-refractivity contribution is 0.0896. The van der Waals surface area contributed by atoms with E-state index in [9.17, 15) is 4.79 Å². The molecule has 1 heterocycles. The van der Waals surface area contributed by atoms with Gasteiger partial charge in [-0.05, 0) is 24.1 Å². The van der Waals surface area contributed by atoms with E-state index in [4.69, 9.17) is 0 Å².